The fraction of sp³-hybridized carbons (Fsp3) is 0.579. The summed E-state index contributed by atoms with van der Waals surface area (Å²) in [5.41, 5.74) is 0.332. The second kappa shape index (κ2) is 7.94. The fourth-order valence-corrected chi connectivity index (χ4v) is 2.37. The van der Waals surface area contributed by atoms with E-state index in [4.69, 9.17) is 14.3 Å². The number of amides is 1. The van der Waals surface area contributed by atoms with Gasteiger partial charge in [0.05, 0.1) is 6.61 Å². The maximum Gasteiger partial charge on any atom is 0.356 e. The third kappa shape index (κ3) is 5.94. The Labute approximate surface area is 158 Å². The van der Waals surface area contributed by atoms with Crippen molar-refractivity contribution in [2.24, 2.45) is 11.1 Å². The molecule has 0 bridgehead atoms. The van der Waals surface area contributed by atoms with Gasteiger partial charge in [-0.3, -0.25) is 4.79 Å². The topological polar surface area (TPSA) is 99.1 Å². The predicted octanol–water partition coefficient (Wildman–Crippen LogP) is 1.97. The number of nitrogens with one attached hydrogen (secondary N) is 1. The normalized spacial score (nSPS) is 19.1. The van der Waals surface area contributed by atoms with E-state index in [9.17, 15) is 9.59 Å². The SMILES string of the molecule is CC(C)(C)OC(=O)C1=NO[C@@H](C(=O)NCc2ccc(OCC3CC3)nc2)C1. The van der Waals surface area contributed by atoms with Gasteiger partial charge in [0, 0.05) is 25.2 Å². The minimum atomic E-state index is -0.832. The highest BCUT2D eigenvalue weighted by molar-refractivity contribution is 6.37. The number of nitrogens with zero attached hydrogens (tertiary/aromatic N) is 2. The lowest BCUT2D eigenvalue weighted by Crippen LogP contribution is -2.35. The third-order valence-electron chi connectivity index (χ3n) is 4.02. The predicted molar refractivity (Wildman–Crippen MR) is 97.1 cm³/mol. The van der Waals surface area contributed by atoms with Gasteiger partial charge in [-0.15, -0.1) is 0 Å². The second-order valence-electron chi connectivity index (χ2n) is 7.81. The molecule has 0 unspecified atom stereocenters. The van der Waals surface area contributed by atoms with Crippen LogP contribution in [-0.4, -0.2) is 40.9 Å². The van der Waals surface area contributed by atoms with Gasteiger partial charge < -0.3 is 19.6 Å². The highest BCUT2D eigenvalue weighted by Crippen LogP contribution is 2.29. The van der Waals surface area contributed by atoms with Crippen molar-refractivity contribution in [2.45, 2.75) is 58.3 Å². The number of hydrogen-bond donors (Lipinski definition) is 1. The number of pyridine rings is 1. The molecule has 0 spiro atoms. The number of carbonyl (C=O) groups excluding carboxylic acids is 2. The van der Waals surface area contributed by atoms with Gasteiger partial charge in [0.25, 0.3) is 5.91 Å². The quantitative estimate of drug-likeness (QED) is 0.732. The average molecular weight is 375 g/mol. The molecule has 0 aromatic carbocycles. The van der Waals surface area contributed by atoms with Crippen molar-refractivity contribution < 1.29 is 23.9 Å². The van der Waals surface area contributed by atoms with Gasteiger partial charge >= 0.3 is 5.97 Å². The minimum absolute atomic E-state index is 0.0902. The van der Waals surface area contributed by atoms with Gasteiger partial charge in [-0.05, 0) is 45.1 Å². The summed E-state index contributed by atoms with van der Waals surface area (Å²) < 4.78 is 10.8. The first-order valence-corrected chi connectivity index (χ1v) is 9.11. The van der Waals surface area contributed by atoms with E-state index in [1.54, 1.807) is 33.0 Å². The van der Waals surface area contributed by atoms with Crippen LogP contribution in [0.2, 0.25) is 0 Å². The lowest BCUT2D eigenvalue weighted by Gasteiger charge is -2.18. The van der Waals surface area contributed by atoms with Crippen molar-refractivity contribution in [2.75, 3.05) is 6.61 Å². The van der Waals surface area contributed by atoms with E-state index in [-0.39, 0.29) is 18.0 Å². The number of aromatic nitrogens is 1. The van der Waals surface area contributed by atoms with Gasteiger partial charge in [0.2, 0.25) is 12.0 Å². The largest absolute Gasteiger partial charge is 0.477 e. The Hall–Kier alpha value is -2.64. The van der Waals surface area contributed by atoms with E-state index < -0.39 is 17.7 Å². The van der Waals surface area contributed by atoms with Crippen LogP contribution in [0.1, 0.15) is 45.6 Å². The number of carbonyl (C=O) groups is 2. The molecule has 2 aliphatic rings. The summed E-state index contributed by atoms with van der Waals surface area (Å²) in [5, 5.41) is 6.44. The Balaban J connectivity index is 1.41. The number of ether oxygens (including phenoxy) is 2. The summed E-state index contributed by atoms with van der Waals surface area (Å²) in [6.45, 7) is 6.31. The minimum Gasteiger partial charge on any atom is -0.477 e. The molecular weight excluding hydrogens is 350 g/mol. The van der Waals surface area contributed by atoms with Crippen LogP contribution in [0.3, 0.4) is 0 Å². The zero-order chi connectivity index (χ0) is 19.4. The van der Waals surface area contributed by atoms with E-state index >= 15 is 0 Å². The molecule has 1 aliphatic carbocycles. The highest BCUT2D eigenvalue weighted by Gasteiger charge is 2.33. The van der Waals surface area contributed by atoms with Crippen molar-refractivity contribution in [1.82, 2.24) is 10.3 Å². The lowest BCUT2D eigenvalue weighted by atomic mass is 10.1. The molecule has 8 nitrogen and oxygen atoms in total. The molecule has 1 atom stereocenters. The highest BCUT2D eigenvalue weighted by atomic mass is 16.7. The molecule has 1 aliphatic heterocycles. The summed E-state index contributed by atoms with van der Waals surface area (Å²) in [5.74, 6) is 0.353. The van der Waals surface area contributed by atoms with Crippen molar-refractivity contribution >= 4 is 17.6 Å². The van der Waals surface area contributed by atoms with E-state index in [2.05, 4.69) is 15.5 Å². The van der Waals surface area contributed by atoms with E-state index in [1.807, 2.05) is 6.07 Å². The van der Waals surface area contributed by atoms with Gasteiger partial charge in [-0.2, -0.15) is 0 Å². The fourth-order valence-electron chi connectivity index (χ4n) is 2.37. The molecule has 1 amide bonds. The third-order valence-corrected chi connectivity index (χ3v) is 4.02. The van der Waals surface area contributed by atoms with Gasteiger partial charge in [-0.1, -0.05) is 11.2 Å². The van der Waals surface area contributed by atoms with Crippen LogP contribution < -0.4 is 10.1 Å². The molecular formula is C19H25N3O5. The molecule has 27 heavy (non-hydrogen) atoms. The summed E-state index contributed by atoms with van der Waals surface area (Å²) in [7, 11) is 0. The van der Waals surface area contributed by atoms with Crippen LogP contribution in [-0.2, 0) is 25.7 Å². The maximum atomic E-state index is 12.2. The standard InChI is InChI=1S/C19H25N3O5/c1-19(2,3)26-18(24)14-8-15(27-22-14)17(23)21-10-13-6-7-16(20-9-13)25-11-12-4-5-12/h6-7,9,12,15H,4-5,8,10-11H2,1-3H3,(H,21,23)/t15-/m1/s1. The van der Waals surface area contributed by atoms with E-state index in [0.717, 1.165) is 5.56 Å². The zero-order valence-corrected chi connectivity index (χ0v) is 15.9. The Bertz CT molecular complexity index is 720. The molecule has 0 saturated heterocycles. The molecule has 1 aromatic rings. The monoisotopic (exact) mass is 375 g/mol. The van der Waals surface area contributed by atoms with Crippen molar-refractivity contribution in [3.63, 3.8) is 0 Å². The Morgan fingerprint density at radius 2 is 2.07 bits per heavy atom. The van der Waals surface area contributed by atoms with Crippen LogP contribution in [0.4, 0.5) is 0 Å². The second-order valence-corrected chi connectivity index (χ2v) is 7.81. The first kappa shape index (κ1) is 19.1. The van der Waals surface area contributed by atoms with Crippen LogP contribution in [0.15, 0.2) is 23.5 Å². The number of hydrogen-bond acceptors (Lipinski definition) is 7. The average Bonchev–Trinajstić information content (AvgIpc) is 3.30. The Kier molecular flexibility index (Phi) is 5.62. The van der Waals surface area contributed by atoms with Gasteiger partial charge in [0.1, 0.15) is 5.60 Å². The number of oxime groups is 1. The number of esters is 1. The molecule has 1 N–H and O–H groups in total. The van der Waals surface area contributed by atoms with Crippen LogP contribution in [0.5, 0.6) is 5.88 Å². The molecule has 2 heterocycles. The van der Waals surface area contributed by atoms with Crippen molar-refractivity contribution in [1.29, 1.82) is 0 Å². The molecule has 0 radical (unpaired) electrons. The summed E-state index contributed by atoms with van der Waals surface area (Å²) >= 11 is 0. The molecule has 1 fully saturated rings. The molecule has 1 aromatic heterocycles. The van der Waals surface area contributed by atoms with Crippen molar-refractivity contribution in [3.05, 3.63) is 23.9 Å². The first-order valence-electron chi connectivity index (χ1n) is 9.11. The summed E-state index contributed by atoms with van der Waals surface area (Å²) in [6.07, 6.45) is 3.38. The van der Waals surface area contributed by atoms with E-state index in [0.29, 0.717) is 24.9 Å². The summed E-state index contributed by atoms with van der Waals surface area (Å²) in [4.78, 5) is 33.5. The van der Waals surface area contributed by atoms with Crippen molar-refractivity contribution in [3.8, 4) is 5.88 Å². The Morgan fingerprint density at radius 1 is 1.30 bits per heavy atom. The smallest absolute Gasteiger partial charge is 0.356 e. The molecule has 3 rings (SSSR count). The van der Waals surface area contributed by atoms with Gasteiger partial charge in [-0.25, -0.2) is 9.78 Å². The zero-order valence-electron chi connectivity index (χ0n) is 15.9. The molecule has 146 valence electrons. The first-order chi connectivity index (χ1) is 12.8. The van der Waals surface area contributed by atoms with Crippen LogP contribution >= 0.6 is 0 Å². The maximum absolute atomic E-state index is 12.2. The lowest BCUT2D eigenvalue weighted by molar-refractivity contribution is -0.146. The Morgan fingerprint density at radius 3 is 2.70 bits per heavy atom. The summed E-state index contributed by atoms with van der Waals surface area (Å²) in [6, 6.07) is 3.65. The van der Waals surface area contributed by atoms with Crippen LogP contribution in [0.25, 0.3) is 0 Å². The molecule has 8 heteroatoms. The molecule has 1 saturated carbocycles. The number of rotatable bonds is 7. The van der Waals surface area contributed by atoms with Gasteiger partial charge in [0.15, 0.2) is 5.71 Å². The van der Waals surface area contributed by atoms with Crippen LogP contribution in [0, 0.1) is 5.92 Å². The van der Waals surface area contributed by atoms with E-state index in [1.165, 1.54) is 12.8 Å².